The Bertz CT molecular complexity index is 991. The van der Waals surface area contributed by atoms with E-state index in [0.717, 1.165) is 21.5 Å². The fraction of sp³-hybridized carbons (Fsp3) is 0.211. The van der Waals surface area contributed by atoms with Gasteiger partial charge in [0.05, 0.1) is 9.83 Å². The zero-order valence-corrected chi connectivity index (χ0v) is 17.3. The molecule has 30 heavy (non-hydrogen) atoms. The van der Waals surface area contributed by atoms with Gasteiger partial charge in [-0.1, -0.05) is 18.2 Å². The lowest BCUT2D eigenvalue weighted by atomic mass is 10.2. The molecule has 2 N–H and O–H groups in total. The number of amides is 3. The van der Waals surface area contributed by atoms with Crippen LogP contribution < -0.4 is 10.6 Å². The molecule has 156 valence electrons. The molecule has 1 aliphatic heterocycles. The highest BCUT2D eigenvalue weighted by Gasteiger charge is 2.34. The van der Waals surface area contributed by atoms with Gasteiger partial charge in [-0.15, -0.1) is 11.3 Å². The Morgan fingerprint density at radius 3 is 2.70 bits per heavy atom. The standard InChI is InChI=1S/C19H18N4O5S2/c24-17(7-8-20-14-5-1-2-6-15(14)23(27)28)21-9-10-22-18(25)16(30-19(22)26)12-13-4-3-11-29-13/h1-6,11-12,20H,7-10H2,(H,21,24)/b16-12-. The van der Waals surface area contributed by atoms with Crippen LogP contribution in [0.3, 0.4) is 0 Å². The summed E-state index contributed by atoms with van der Waals surface area (Å²) in [7, 11) is 0. The molecule has 0 radical (unpaired) electrons. The molecule has 1 aromatic heterocycles. The molecular formula is C19H18N4O5S2. The molecule has 0 unspecified atom stereocenters. The molecule has 0 spiro atoms. The number of thiophene rings is 1. The second kappa shape index (κ2) is 10.0. The van der Waals surface area contributed by atoms with E-state index in [1.165, 1.54) is 17.4 Å². The number of rotatable bonds is 9. The van der Waals surface area contributed by atoms with Crippen molar-refractivity contribution in [2.24, 2.45) is 0 Å². The third-order valence-corrected chi connectivity index (χ3v) is 5.84. The number of thioether (sulfide) groups is 1. The topological polar surface area (TPSA) is 122 Å². The molecule has 11 heteroatoms. The van der Waals surface area contributed by atoms with Gasteiger partial charge in [0.15, 0.2) is 0 Å². The van der Waals surface area contributed by atoms with Gasteiger partial charge in [-0.3, -0.25) is 29.4 Å². The minimum absolute atomic E-state index is 0.0622. The van der Waals surface area contributed by atoms with Crippen molar-refractivity contribution < 1.29 is 19.3 Å². The quantitative estimate of drug-likeness (QED) is 0.344. The van der Waals surface area contributed by atoms with Crippen LogP contribution in [0, 0.1) is 10.1 Å². The van der Waals surface area contributed by atoms with Crippen molar-refractivity contribution in [2.75, 3.05) is 25.0 Å². The predicted molar refractivity (Wildman–Crippen MR) is 116 cm³/mol. The Kier molecular flexibility index (Phi) is 7.20. The van der Waals surface area contributed by atoms with E-state index in [2.05, 4.69) is 10.6 Å². The zero-order chi connectivity index (χ0) is 21.5. The third-order valence-electron chi connectivity index (χ3n) is 4.12. The SMILES string of the molecule is O=C(CCNc1ccccc1[N+](=O)[O-])NCCN1C(=O)S/C(=C\c2cccs2)C1=O. The number of para-hydroxylation sites is 2. The van der Waals surface area contributed by atoms with Gasteiger partial charge in [0.2, 0.25) is 5.91 Å². The maximum absolute atomic E-state index is 12.4. The predicted octanol–water partition coefficient (Wildman–Crippen LogP) is 3.31. The number of anilines is 1. The molecule has 3 rings (SSSR count). The molecule has 9 nitrogen and oxygen atoms in total. The summed E-state index contributed by atoms with van der Waals surface area (Å²) in [6.45, 7) is 0.423. The molecule has 0 saturated carbocycles. The van der Waals surface area contributed by atoms with Gasteiger partial charge in [0.25, 0.3) is 16.8 Å². The van der Waals surface area contributed by atoms with Crippen molar-refractivity contribution in [1.29, 1.82) is 0 Å². The van der Waals surface area contributed by atoms with E-state index >= 15 is 0 Å². The second-order valence-corrected chi connectivity index (χ2v) is 8.12. The molecule has 0 bridgehead atoms. The van der Waals surface area contributed by atoms with Crippen molar-refractivity contribution in [3.05, 3.63) is 61.7 Å². The fourth-order valence-electron chi connectivity index (χ4n) is 2.68. The first-order chi connectivity index (χ1) is 14.5. The van der Waals surface area contributed by atoms with Crippen LogP contribution in [0.25, 0.3) is 6.08 Å². The highest BCUT2D eigenvalue weighted by molar-refractivity contribution is 8.18. The summed E-state index contributed by atoms with van der Waals surface area (Å²) >= 11 is 2.35. The van der Waals surface area contributed by atoms with E-state index in [1.807, 2.05) is 17.5 Å². The number of nitro benzene ring substituents is 1. The Balaban J connectivity index is 1.42. The highest BCUT2D eigenvalue weighted by Crippen LogP contribution is 2.32. The average Bonchev–Trinajstić information content (AvgIpc) is 3.32. The summed E-state index contributed by atoms with van der Waals surface area (Å²) in [5.41, 5.74) is 0.276. The third kappa shape index (κ3) is 5.45. The Labute approximate surface area is 180 Å². The van der Waals surface area contributed by atoms with Crippen LogP contribution in [0.4, 0.5) is 16.2 Å². The number of nitrogens with zero attached hydrogens (tertiary/aromatic N) is 2. The van der Waals surface area contributed by atoms with E-state index in [0.29, 0.717) is 10.6 Å². The maximum atomic E-state index is 12.4. The van der Waals surface area contributed by atoms with Gasteiger partial charge in [-0.25, -0.2) is 0 Å². The second-order valence-electron chi connectivity index (χ2n) is 6.15. The molecule has 0 atom stereocenters. The first-order valence-electron chi connectivity index (χ1n) is 8.98. The zero-order valence-electron chi connectivity index (χ0n) is 15.7. The maximum Gasteiger partial charge on any atom is 0.293 e. The van der Waals surface area contributed by atoms with Crippen molar-refractivity contribution in [3.63, 3.8) is 0 Å². The van der Waals surface area contributed by atoms with Crippen LogP contribution in [0.5, 0.6) is 0 Å². The summed E-state index contributed by atoms with van der Waals surface area (Å²) < 4.78 is 0. The molecule has 2 heterocycles. The molecule has 1 saturated heterocycles. The Hall–Kier alpha value is -3.18. The van der Waals surface area contributed by atoms with Gasteiger partial charge in [0, 0.05) is 37.0 Å². The van der Waals surface area contributed by atoms with E-state index in [-0.39, 0.29) is 48.8 Å². The lowest BCUT2D eigenvalue weighted by Gasteiger charge is -2.13. The number of hydrogen-bond acceptors (Lipinski definition) is 8. The number of carbonyl (C=O) groups excluding carboxylic acids is 3. The van der Waals surface area contributed by atoms with Crippen LogP contribution in [0.1, 0.15) is 11.3 Å². The van der Waals surface area contributed by atoms with E-state index in [1.54, 1.807) is 24.3 Å². The molecule has 0 aliphatic carbocycles. The van der Waals surface area contributed by atoms with Gasteiger partial charge in [-0.2, -0.15) is 0 Å². The first kappa shape index (κ1) is 21.5. The normalized spacial score (nSPS) is 14.9. The molecule has 1 aliphatic rings. The summed E-state index contributed by atoms with van der Waals surface area (Å²) in [6, 6.07) is 9.90. The van der Waals surface area contributed by atoms with E-state index < -0.39 is 4.92 Å². The summed E-state index contributed by atoms with van der Waals surface area (Å²) in [6.07, 6.45) is 1.77. The monoisotopic (exact) mass is 446 g/mol. The van der Waals surface area contributed by atoms with Crippen LogP contribution in [-0.4, -0.2) is 46.5 Å². The molecule has 1 fully saturated rings. The van der Waals surface area contributed by atoms with Crippen molar-refractivity contribution in [1.82, 2.24) is 10.2 Å². The fourth-order valence-corrected chi connectivity index (χ4v) is 4.27. The molecule has 3 amide bonds. The largest absolute Gasteiger partial charge is 0.379 e. The molecule has 1 aromatic carbocycles. The van der Waals surface area contributed by atoms with Gasteiger partial charge in [-0.05, 0) is 35.4 Å². The summed E-state index contributed by atoms with van der Waals surface area (Å²) in [4.78, 5) is 49.3. The minimum atomic E-state index is -0.494. The lowest BCUT2D eigenvalue weighted by Crippen LogP contribution is -2.37. The Morgan fingerprint density at radius 2 is 1.97 bits per heavy atom. The number of benzene rings is 1. The highest BCUT2D eigenvalue weighted by atomic mass is 32.2. The van der Waals surface area contributed by atoms with E-state index in [9.17, 15) is 24.5 Å². The molecular weight excluding hydrogens is 428 g/mol. The Morgan fingerprint density at radius 1 is 1.17 bits per heavy atom. The summed E-state index contributed by atoms with van der Waals surface area (Å²) in [5, 5.41) is 18.0. The van der Waals surface area contributed by atoms with Crippen molar-refractivity contribution in [3.8, 4) is 0 Å². The van der Waals surface area contributed by atoms with Crippen LogP contribution in [-0.2, 0) is 9.59 Å². The number of nitro groups is 1. The molecule has 2 aromatic rings. The van der Waals surface area contributed by atoms with Gasteiger partial charge < -0.3 is 10.6 Å². The van der Waals surface area contributed by atoms with Gasteiger partial charge >= 0.3 is 0 Å². The summed E-state index contributed by atoms with van der Waals surface area (Å²) in [5.74, 6) is -0.659. The number of imide groups is 1. The first-order valence-corrected chi connectivity index (χ1v) is 10.7. The van der Waals surface area contributed by atoms with E-state index in [4.69, 9.17) is 0 Å². The smallest absolute Gasteiger partial charge is 0.293 e. The van der Waals surface area contributed by atoms with Crippen LogP contribution >= 0.6 is 23.1 Å². The van der Waals surface area contributed by atoms with Gasteiger partial charge in [0.1, 0.15) is 5.69 Å². The van der Waals surface area contributed by atoms with Crippen LogP contribution in [0.15, 0.2) is 46.7 Å². The minimum Gasteiger partial charge on any atom is -0.379 e. The number of hydrogen-bond donors (Lipinski definition) is 2. The number of nitrogens with one attached hydrogen (secondary N) is 2. The average molecular weight is 447 g/mol. The van der Waals surface area contributed by atoms with Crippen LogP contribution in [0.2, 0.25) is 0 Å². The van der Waals surface area contributed by atoms with Crippen molar-refractivity contribution >= 4 is 57.6 Å². The van der Waals surface area contributed by atoms with Crippen molar-refractivity contribution in [2.45, 2.75) is 6.42 Å². The lowest BCUT2D eigenvalue weighted by molar-refractivity contribution is -0.384. The number of carbonyl (C=O) groups is 3.